The first-order valence-corrected chi connectivity index (χ1v) is 7.03. The van der Waals surface area contributed by atoms with E-state index in [9.17, 15) is 22.8 Å². The van der Waals surface area contributed by atoms with Gasteiger partial charge in [0.25, 0.3) is 0 Å². The maximum Gasteiger partial charge on any atom is 0.394 e. The Morgan fingerprint density at radius 2 is 2.12 bits per heavy atom. The van der Waals surface area contributed by atoms with Crippen LogP contribution in [0.3, 0.4) is 0 Å². The van der Waals surface area contributed by atoms with Crippen molar-refractivity contribution in [2.24, 2.45) is 11.8 Å². The van der Waals surface area contributed by atoms with Crippen LogP contribution in [0.4, 0.5) is 18.0 Å². The lowest BCUT2D eigenvalue weighted by atomic mass is 9.96. The summed E-state index contributed by atoms with van der Waals surface area (Å²) in [7, 11) is 1.45. The highest BCUT2D eigenvalue weighted by molar-refractivity contribution is 5.77. The van der Waals surface area contributed by atoms with Crippen LogP contribution in [0.15, 0.2) is 18.3 Å². The van der Waals surface area contributed by atoms with E-state index in [1.165, 1.54) is 13.3 Å². The number of pyridine rings is 1. The molecule has 2 rings (SSSR count). The zero-order valence-electron chi connectivity index (χ0n) is 12.7. The summed E-state index contributed by atoms with van der Waals surface area (Å²) in [5.41, 5.74) is 0.630. The number of likely N-dealkylation sites (tertiary alicyclic amines) is 1. The third-order valence-electron chi connectivity index (χ3n) is 3.80. The van der Waals surface area contributed by atoms with Crippen molar-refractivity contribution in [3.8, 4) is 5.88 Å². The maximum atomic E-state index is 12.9. The molecular weight excluding hydrogens is 331 g/mol. The summed E-state index contributed by atoms with van der Waals surface area (Å²) in [6.07, 6.45) is -3.21. The summed E-state index contributed by atoms with van der Waals surface area (Å²) in [5, 5.41) is 11.4. The number of aliphatic carboxylic acids is 1. The van der Waals surface area contributed by atoms with Gasteiger partial charge in [0.1, 0.15) is 0 Å². The van der Waals surface area contributed by atoms with Gasteiger partial charge in [-0.2, -0.15) is 13.2 Å². The van der Waals surface area contributed by atoms with E-state index in [4.69, 9.17) is 9.84 Å². The summed E-state index contributed by atoms with van der Waals surface area (Å²) in [5.74, 6) is -4.89. The van der Waals surface area contributed by atoms with Crippen molar-refractivity contribution in [2.45, 2.75) is 12.7 Å². The Labute approximate surface area is 135 Å². The highest BCUT2D eigenvalue weighted by Crippen LogP contribution is 2.37. The maximum absolute atomic E-state index is 12.9. The lowest BCUT2D eigenvalue weighted by molar-refractivity contribution is -0.187. The van der Waals surface area contributed by atoms with Gasteiger partial charge in [-0.05, 0) is 5.56 Å². The first-order valence-electron chi connectivity index (χ1n) is 7.03. The number of carboxylic acid groups (broad SMARTS) is 1. The van der Waals surface area contributed by atoms with Crippen LogP contribution in [0, 0.1) is 11.8 Å². The largest absolute Gasteiger partial charge is 0.481 e. The van der Waals surface area contributed by atoms with Crippen molar-refractivity contribution in [1.82, 2.24) is 15.2 Å². The summed E-state index contributed by atoms with van der Waals surface area (Å²) in [6.45, 7) is -1.10. The van der Waals surface area contributed by atoms with Crippen molar-refractivity contribution >= 4 is 12.0 Å². The standard InChI is InChI=1S/C14H16F3N3O4/c1-24-11-3-2-8(4-18-11)5-19-13(23)20-6-9(12(21)22)10(7-20)14(15,16)17/h2-4,9-10H,5-7H2,1H3,(H,19,23)(H,21,22)/t9-,10-/m1/s1. The molecule has 1 saturated heterocycles. The number of carboxylic acids is 1. The van der Waals surface area contributed by atoms with E-state index in [2.05, 4.69) is 10.3 Å². The number of hydrogen-bond donors (Lipinski definition) is 2. The molecule has 2 N–H and O–H groups in total. The van der Waals surface area contributed by atoms with Gasteiger partial charge in [-0.3, -0.25) is 4.79 Å². The third kappa shape index (κ3) is 4.06. The number of carbonyl (C=O) groups excluding carboxylic acids is 1. The first kappa shape index (κ1) is 17.8. The molecule has 2 atom stereocenters. The van der Waals surface area contributed by atoms with Crippen LogP contribution in [0.1, 0.15) is 5.56 Å². The van der Waals surface area contributed by atoms with Crippen LogP contribution in [0.5, 0.6) is 5.88 Å². The topological polar surface area (TPSA) is 91.8 Å². The number of urea groups is 1. The number of hydrogen-bond acceptors (Lipinski definition) is 4. The van der Waals surface area contributed by atoms with Gasteiger partial charge in [-0.15, -0.1) is 0 Å². The molecule has 0 aromatic carbocycles. The molecule has 2 amide bonds. The van der Waals surface area contributed by atoms with Gasteiger partial charge in [0.05, 0.1) is 18.9 Å². The second-order valence-electron chi connectivity index (χ2n) is 5.37. The minimum absolute atomic E-state index is 0.0563. The first-order chi connectivity index (χ1) is 11.2. The minimum Gasteiger partial charge on any atom is -0.481 e. The molecule has 0 unspecified atom stereocenters. The molecule has 10 heteroatoms. The number of amides is 2. The quantitative estimate of drug-likeness (QED) is 0.861. The van der Waals surface area contributed by atoms with Gasteiger partial charge in [0.2, 0.25) is 5.88 Å². The number of aromatic nitrogens is 1. The molecule has 7 nitrogen and oxygen atoms in total. The normalized spacial score (nSPS) is 20.8. The van der Waals surface area contributed by atoms with Crippen LogP contribution in [0.2, 0.25) is 0 Å². The van der Waals surface area contributed by atoms with E-state index in [1.807, 2.05) is 0 Å². The lowest BCUT2D eigenvalue weighted by Crippen LogP contribution is -2.39. The van der Waals surface area contributed by atoms with E-state index in [0.717, 1.165) is 4.90 Å². The molecule has 0 radical (unpaired) electrons. The van der Waals surface area contributed by atoms with Crippen LogP contribution in [-0.2, 0) is 11.3 Å². The van der Waals surface area contributed by atoms with Gasteiger partial charge in [0, 0.05) is 31.9 Å². The predicted molar refractivity (Wildman–Crippen MR) is 75.3 cm³/mol. The van der Waals surface area contributed by atoms with Crippen LogP contribution in [-0.4, -0.2) is 53.4 Å². The van der Waals surface area contributed by atoms with E-state index in [0.29, 0.717) is 11.4 Å². The highest BCUT2D eigenvalue weighted by Gasteiger charge is 2.53. The smallest absolute Gasteiger partial charge is 0.394 e. The van der Waals surface area contributed by atoms with E-state index >= 15 is 0 Å². The molecule has 1 fully saturated rings. The molecule has 0 aliphatic carbocycles. The third-order valence-corrected chi connectivity index (χ3v) is 3.80. The van der Waals surface area contributed by atoms with Gasteiger partial charge >= 0.3 is 18.2 Å². The molecule has 2 heterocycles. The molecule has 0 spiro atoms. The van der Waals surface area contributed by atoms with Crippen LogP contribution >= 0.6 is 0 Å². The molecule has 0 saturated carbocycles. The number of rotatable bonds is 4. The summed E-state index contributed by atoms with van der Waals surface area (Å²) in [4.78, 5) is 27.8. The number of ether oxygens (including phenoxy) is 1. The predicted octanol–water partition coefficient (Wildman–Crippen LogP) is 1.49. The fraction of sp³-hybridized carbons (Fsp3) is 0.500. The molecule has 132 valence electrons. The molecule has 1 aliphatic heterocycles. The Morgan fingerprint density at radius 3 is 2.58 bits per heavy atom. The second kappa shape index (κ2) is 6.93. The van der Waals surface area contributed by atoms with Crippen LogP contribution in [0.25, 0.3) is 0 Å². The average molecular weight is 347 g/mol. The van der Waals surface area contributed by atoms with E-state index < -0.39 is 43.1 Å². The zero-order chi connectivity index (χ0) is 17.9. The van der Waals surface area contributed by atoms with Crippen LogP contribution < -0.4 is 10.1 Å². The number of alkyl halides is 3. The number of nitrogens with one attached hydrogen (secondary N) is 1. The van der Waals surface area contributed by atoms with Crippen molar-refractivity contribution in [3.05, 3.63) is 23.9 Å². The zero-order valence-corrected chi connectivity index (χ0v) is 12.7. The van der Waals surface area contributed by atoms with E-state index in [-0.39, 0.29) is 6.54 Å². The highest BCUT2D eigenvalue weighted by atomic mass is 19.4. The fourth-order valence-electron chi connectivity index (χ4n) is 2.48. The van der Waals surface area contributed by atoms with Crippen molar-refractivity contribution in [2.75, 3.05) is 20.2 Å². The summed E-state index contributed by atoms with van der Waals surface area (Å²) < 4.78 is 43.5. The summed E-state index contributed by atoms with van der Waals surface area (Å²) >= 11 is 0. The van der Waals surface area contributed by atoms with Crippen molar-refractivity contribution in [1.29, 1.82) is 0 Å². The monoisotopic (exact) mass is 347 g/mol. The van der Waals surface area contributed by atoms with Gasteiger partial charge < -0.3 is 20.1 Å². The fourth-order valence-corrected chi connectivity index (χ4v) is 2.48. The Bertz CT molecular complexity index is 606. The van der Waals surface area contributed by atoms with E-state index in [1.54, 1.807) is 12.1 Å². The molecule has 24 heavy (non-hydrogen) atoms. The Balaban J connectivity index is 1.96. The number of halogens is 3. The number of methoxy groups -OCH3 is 1. The Morgan fingerprint density at radius 1 is 1.42 bits per heavy atom. The van der Waals surface area contributed by atoms with Crippen molar-refractivity contribution in [3.63, 3.8) is 0 Å². The molecule has 1 aromatic rings. The van der Waals surface area contributed by atoms with Gasteiger partial charge in [0.15, 0.2) is 0 Å². The van der Waals surface area contributed by atoms with Gasteiger partial charge in [-0.1, -0.05) is 6.07 Å². The Hall–Kier alpha value is -2.52. The minimum atomic E-state index is -4.67. The lowest BCUT2D eigenvalue weighted by Gasteiger charge is -2.18. The number of carbonyl (C=O) groups is 2. The molecule has 1 aliphatic rings. The summed E-state index contributed by atoms with van der Waals surface area (Å²) in [6, 6.07) is 2.48. The average Bonchev–Trinajstić information content (AvgIpc) is 2.99. The Kier molecular flexibility index (Phi) is 5.15. The molecular formula is C14H16F3N3O4. The van der Waals surface area contributed by atoms with Gasteiger partial charge in [-0.25, -0.2) is 9.78 Å². The number of nitrogens with zero attached hydrogens (tertiary/aromatic N) is 2. The van der Waals surface area contributed by atoms with Crippen molar-refractivity contribution < 1.29 is 32.6 Å². The molecule has 0 bridgehead atoms. The molecule has 1 aromatic heterocycles. The second-order valence-corrected chi connectivity index (χ2v) is 5.37. The SMILES string of the molecule is COc1ccc(CNC(=O)N2C[C@@H](C(F)(F)F)[C@H](C(=O)O)C2)cn1.